The molecule has 2 heterocycles. The first-order valence-electron chi connectivity index (χ1n) is 9.50. The molecule has 2 aromatic carbocycles. The number of H-pyrrole nitrogens is 1. The van der Waals surface area contributed by atoms with Gasteiger partial charge in [0.1, 0.15) is 11.4 Å². The standard InChI is InChI=1S/C23H20N4O3S/c1-14-25-21(13-31-14)15-10-20(24-12-15)23(29)27-19-9-4-3-8-18(19)22(28)26-16-6-5-7-17(11-16)30-2/h3-13,24H,1-2H3,(H,26,28)(H,27,29). The van der Waals surface area contributed by atoms with Gasteiger partial charge in [-0.1, -0.05) is 18.2 Å². The maximum absolute atomic E-state index is 12.8. The van der Waals surface area contributed by atoms with Crippen LogP contribution >= 0.6 is 11.3 Å². The molecule has 0 atom stereocenters. The van der Waals surface area contributed by atoms with Crippen molar-refractivity contribution >= 4 is 34.5 Å². The Morgan fingerprint density at radius 1 is 1.03 bits per heavy atom. The average molecular weight is 433 g/mol. The molecule has 0 spiro atoms. The second kappa shape index (κ2) is 8.85. The van der Waals surface area contributed by atoms with Crippen molar-refractivity contribution in [3.8, 4) is 17.0 Å². The Labute approximate surface area is 183 Å². The van der Waals surface area contributed by atoms with Crippen molar-refractivity contribution in [3.05, 3.63) is 82.4 Å². The van der Waals surface area contributed by atoms with Crippen LogP contribution in [0.2, 0.25) is 0 Å². The molecule has 0 aliphatic heterocycles. The Balaban J connectivity index is 1.51. The molecule has 0 unspecified atom stereocenters. The number of aromatic nitrogens is 2. The SMILES string of the molecule is COc1cccc(NC(=O)c2ccccc2NC(=O)c2cc(-c3csc(C)n3)c[nH]2)c1. The molecule has 0 aliphatic carbocycles. The van der Waals surface area contributed by atoms with Crippen LogP contribution in [0, 0.1) is 6.92 Å². The maximum Gasteiger partial charge on any atom is 0.272 e. The van der Waals surface area contributed by atoms with Gasteiger partial charge in [-0.15, -0.1) is 11.3 Å². The first-order chi connectivity index (χ1) is 15.0. The molecule has 8 heteroatoms. The Morgan fingerprint density at radius 2 is 1.87 bits per heavy atom. The molecule has 7 nitrogen and oxygen atoms in total. The van der Waals surface area contributed by atoms with Gasteiger partial charge in [-0.3, -0.25) is 9.59 Å². The lowest BCUT2D eigenvalue weighted by atomic mass is 10.1. The third-order valence-corrected chi connectivity index (χ3v) is 5.36. The van der Waals surface area contributed by atoms with E-state index in [0.29, 0.717) is 28.4 Å². The van der Waals surface area contributed by atoms with E-state index >= 15 is 0 Å². The van der Waals surface area contributed by atoms with E-state index in [9.17, 15) is 9.59 Å². The fourth-order valence-corrected chi connectivity index (χ4v) is 3.67. The van der Waals surface area contributed by atoms with E-state index in [1.54, 1.807) is 79.2 Å². The number of benzene rings is 2. The molecule has 2 amide bonds. The summed E-state index contributed by atoms with van der Waals surface area (Å²) in [4.78, 5) is 33.0. The van der Waals surface area contributed by atoms with Gasteiger partial charge in [-0.2, -0.15) is 0 Å². The molecule has 0 fully saturated rings. The number of carbonyl (C=O) groups excluding carboxylic acids is 2. The number of amides is 2. The summed E-state index contributed by atoms with van der Waals surface area (Å²) in [6, 6.07) is 15.7. The van der Waals surface area contributed by atoms with E-state index in [1.165, 1.54) is 0 Å². The van der Waals surface area contributed by atoms with Crippen molar-refractivity contribution in [2.75, 3.05) is 17.7 Å². The number of hydrogen-bond acceptors (Lipinski definition) is 5. The van der Waals surface area contributed by atoms with Gasteiger partial charge in [0.25, 0.3) is 11.8 Å². The predicted octanol–water partition coefficient (Wildman–Crippen LogP) is 4.96. The van der Waals surface area contributed by atoms with E-state index < -0.39 is 0 Å². The number of para-hydroxylation sites is 1. The minimum Gasteiger partial charge on any atom is -0.497 e. The van der Waals surface area contributed by atoms with Crippen LogP contribution in [0.5, 0.6) is 5.75 Å². The van der Waals surface area contributed by atoms with Gasteiger partial charge in [0.05, 0.1) is 29.1 Å². The Bertz CT molecular complexity index is 1240. The summed E-state index contributed by atoms with van der Waals surface area (Å²) in [5, 5.41) is 8.54. The first kappa shape index (κ1) is 20.4. The molecule has 0 saturated heterocycles. The van der Waals surface area contributed by atoms with Gasteiger partial charge in [0.2, 0.25) is 0 Å². The molecule has 3 N–H and O–H groups in total. The zero-order valence-electron chi connectivity index (χ0n) is 16.9. The third kappa shape index (κ3) is 4.65. The summed E-state index contributed by atoms with van der Waals surface area (Å²) in [6.45, 7) is 1.93. The van der Waals surface area contributed by atoms with Crippen LogP contribution in [0.25, 0.3) is 11.3 Å². The van der Waals surface area contributed by atoms with Crippen LogP contribution in [0.3, 0.4) is 0 Å². The van der Waals surface area contributed by atoms with Crippen LogP contribution in [0.4, 0.5) is 11.4 Å². The monoisotopic (exact) mass is 432 g/mol. The lowest BCUT2D eigenvalue weighted by Gasteiger charge is -2.11. The molecule has 4 rings (SSSR count). The van der Waals surface area contributed by atoms with Crippen LogP contribution < -0.4 is 15.4 Å². The fraction of sp³-hybridized carbons (Fsp3) is 0.0870. The molecular formula is C23H20N4O3S. The lowest BCUT2D eigenvalue weighted by Crippen LogP contribution is -2.18. The molecule has 0 saturated carbocycles. The summed E-state index contributed by atoms with van der Waals surface area (Å²) >= 11 is 1.55. The van der Waals surface area contributed by atoms with E-state index in [2.05, 4.69) is 20.6 Å². The Morgan fingerprint density at radius 3 is 2.65 bits per heavy atom. The number of ether oxygens (including phenoxy) is 1. The number of carbonyl (C=O) groups is 2. The van der Waals surface area contributed by atoms with Gasteiger partial charge in [0, 0.05) is 28.9 Å². The number of aromatic amines is 1. The Hall–Kier alpha value is -3.91. The first-order valence-corrected chi connectivity index (χ1v) is 10.4. The second-order valence-corrected chi connectivity index (χ2v) is 7.80. The summed E-state index contributed by atoms with van der Waals surface area (Å²) in [6.07, 6.45) is 1.74. The summed E-state index contributed by atoms with van der Waals surface area (Å²) in [5.41, 5.74) is 3.38. The maximum atomic E-state index is 12.8. The van der Waals surface area contributed by atoms with Gasteiger partial charge in [-0.05, 0) is 37.3 Å². The molecule has 0 aliphatic rings. The van der Waals surface area contributed by atoms with E-state index in [1.807, 2.05) is 12.3 Å². The topological polar surface area (TPSA) is 96.1 Å². The van der Waals surface area contributed by atoms with Crippen LogP contribution in [0.15, 0.2) is 66.2 Å². The highest BCUT2D eigenvalue weighted by molar-refractivity contribution is 7.09. The van der Waals surface area contributed by atoms with E-state index in [0.717, 1.165) is 16.3 Å². The number of thiazole rings is 1. The van der Waals surface area contributed by atoms with E-state index in [-0.39, 0.29) is 11.8 Å². The van der Waals surface area contributed by atoms with Crippen LogP contribution in [-0.2, 0) is 0 Å². The van der Waals surface area contributed by atoms with Gasteiger partial charge >= 0.3 is 0 Å². The number of aryl methyl sites for hydroxylation is 1. The third-order valence-electron chi connectivity index (χ3n) is 4.59. The quantitative estimate of drug-likeness (QED) is 0.401. The lowest BCUT2D eigenvalue weighted by molar-refractivity contribution is 0.102. The highest BCUT2D eigenvalue weighted by Gasteiger charge is 2.16. The highest BCUT2D eigenvalue weighted by atomic mass is 32.1. The summed E-state index contributed by atoms with van der Waals surface area (Å²) < 4.78 is 5.19. The fourth-order valence-electron chi connectivity index (χ4n) is 3.05. The van der Waals surface area contributed by atoms with E-state index in [4.69, 9.17) is 4.74 Å². The van der Waals surface area contributed by atoms with Crippen molar-refractivity contribution in [2.24, 2.45) is 0 Å². The van der Waals surface area contributed by atoms with Crippen molar-refractivity contribution in [2.45, 2.75) is 6.92 Å². The molecular weight excluding hydrogens is 412 g/mol. The minimum absolute atomic E-state index is 0.339. The van der Waals surface area contributed by atoms with Crippen molar-refractivity contribution in [1.29, 1.82) is 0 Å². The van der Waals surface area contributed by atoms with Crippen molar-refractivity contribution in [3.63, 3.8) is 0 Å². The van der Waals surface area contributed by atoms with Gasteiger partial charge in [0.15, 0.2) is 0 Å². The largest absolute Gasteiger partial charge is 0.497 e. The normalized spacial score (nSPS) is 10.5. The number of nitrogens with zero attached hydrogens (tertiary/aromatic N) is 1. The molecule has 0 radical (unpaired) electrons. The number of anilines is 2. The number of rotatable bonds is 6. The zero-order valence-corrected chi connectivity index (χ0v) is 17.7. The molecule has 4 aromatic rings. The van der Waals surface area contributed by atoms with Crippen LogP contribution in [0.1, 0.15) is 25.9 Å². The second-order valence-electron chi connectivity index (χ2n) is 6.74. The number of nitrogens with one attached hydrogen (secondary N) is 3. The van der Waals surface area contributed by atoms with Crippen molar-refractivity contribution in [1.82, 2.24) is 9.97 Å². The zero-order chi connectivity index (χ0) is 21.8. The Kier molecular flexibility index (Phi) is 5.81. The highest BCUT2D eigenvalue weighted by Crippen LogP contribution is 2.24. The number of hydrogen-bond donors (Lipinski definition) is 3. The van der Waals surface area contributed by atoms with Gasteiger partial charge < -0.3 is 20.4 Å². The molecule has 0 bridgehead atoms. The van der Waals surface area contributed by atoms with Crippen molar-refractivity contribution < 1.29 is 14.3 Å². The number of methoxy groups -OCH3 is 1. The minimum atomic E-state index is -0.347. The molecule has 156 valence electrons. The summed E-state index contributed by atoms with van der Waals surface area (Å²) in [7, 11) is 1.56. The molecule has 31 heavy (non-hydrogen) atoms. The van der Waals surface area contributed by atoms with Gasteiger partial charge in [-0.25, -0.2) is 4.98 Å². The smallest absolute Gasteiger partial charge is 0.272 e. The van der Waals surface area contributed by atoms with Crippen LogP contribution in [-0.4, -0.2) is 28.9 Å². The predicted molar refractivity (Wildman–Crippen MR) is 122 cm³/mol. The average Bonchev–Trinajstić information content (AvgIpc) is 3.43. The summed E-state index contributed by atoms with van der Waals surface area (Å²) in [5.74, 6) is -0.0497. The molecule has 2 aromatic heterocycles.